The SMILES string of the molecule is COC(=O)c1cc(N)nc(N2CCN(CCn3cncn3)CC2)n1. The van der Waals surface area contributed by atoms with E-state index in [-0.39, 0.29) is 11.5 Å². The standard InChI is InChI=1S/C14H20N8O2/c1-24-13(23)11-8-12(15)19-14(18-11)21-5-2-20(3-6-21)4-7-22-10-16-9-17-22/h8-10H,2-7H2,1H3,(H2,15,18,19). The number of nitrogens with zero attached hydrogens (tertiary/aromatic N) is 7. The van der Waals surface area contributed by atoms with Gasteiger partial charge in [0.05, 0.1) is 13.7 Å². The van der Waals surface area contributed by atoms with E-state index in [4.69, 9.17) is 10.5 Å². The molecule has 128 valence electrons. The molecule has 3 rings (SSSR count). The molecule has 0 spiro atoms. The monoisotopic (exact) mass is 332 g/mol. The second-order valence-electron chi connectivity index (χ2n) is 5.46. The first kappa shape index (κ1) is 16.1. The minimum atomic E-state index is -0.517. The van der Waals surface area contributed by atoms with Gasteiger partial charge in [0.15, 0.2) is 5.69 Å². The fourth-order valence-corrected chi connectivity index (χ4v) is 2.57. The lowest BCUT2D eigenvalue weighted by atomic mass is 10.3. The van der Waals surface area contributed by atoms with E-state index >= 15 is 0 Å². The van der Waals surface area contributed by atoms with Gasteiger partial charge in [0.1, 0.15) is 18.5 Å². The Morgan fingerprint density at radius 1 is 1.25 bits per heavy atom. The van der Waals surface area contributed by atoms with Crippen LogP contribution in [0.1, 0.15) is 10.5 Å². The zero-order valence-corrected chi connectivity index (χ0v) is 13.5. The molecule has 24 heavy (non-hydrogen) atoms. The summed E-state index contributed by atoms with van der Waals surface area (Å²) in [5.74, 6) is 0.206. The zero-order chi connectivity index (χ0) is 16.9. The molecule has 0 unspecified atom stereocenters. The van der Waals surface area contributed by atoms with Gasteiger partial charge in [-0.3, -0.25) is 9.58 Å². The average molecular weight is 332 g/mol. The van der Waals surface area contributed by atoms with Crippen molar-refractivity contribution in [3.05, 3.63) is 24.4 Å². The molecule has 2 aromatic heterocycles. The van der Waals surface area contributed by atoms with E-state index in [1.807, 2.05) is 9.58 Å². The van der Waals surface area contributed by atoms with Gasteiger partial charge in [-0.15, -0.1) is 0 Å². The highest BCUT2D eigenvalue weighted by atomic mass is 16.5. The number of hydrogen-bond acceptors (Lipinski definition) is 9. The molecule has 1 aliphatic rings. The number of hydrogen-bond donors (Lipinski definition) is 1. The molecular formula is C14H20N8O2. The number of aromatic nitrogens is 5. The Bertz CT molecular complexity index is 682. The molecular weight excluding hydrogens is 312 g/mol. The van der Waals surface area contributed by atoms with Crippen molar-refractivity contribution in [2.24, 2.45) is 0 Å². The summed E-state index contributed by atoms with van der Waals surface area (Å²) >= 11 is 0. The number of methoxy groups -OCH3 is 1. The summed E-state index contributed by atoms with van der Waals surface area (Å²) in [5, 5.41) is 4.10. The van der Waals surface area contributed by atoms with Gasteiger partial charge in [-0.05, 0) is 0 Å². The predicted molar refractivity (Wildman–Crippen MR) is 86.5 cm³/mol. The second kappa shape index (κ2) is 7.21. The van der Waals surface area contributed by atoms with Gasteiger partial charge >= 0.3 is 5.97 Å². The molecule has 0 atom stereocenters. The number of carbonyl (C=O) groups excluding carboxylic acids is 1. The molecule has 0 amide bonds. The molecule has 0 radical (unpaired) electrons. The van der Waals surface area contributed by atoms with E-state index in [1.165, 1.54) is 19.5 Å². The van der Waals surface area contributed by atoms with Crippen LogP contribution in [-0.4, -0.2) is 75.4 Å². The summed E-state index contributed by atoms with van der Waals surface area (Å²) in [4.78, 5) is 28.4. The predicted octanol–water partition coefficient (Wildman–Crippen LogP) is -0.741. The summed E-state index contributed by atoms with van der Waals surface area (Å²) in [6.07, 6.45) is 3.25. The average Bonchev–Trinajstić information content (AvgIpc) is 3.12. The first-order valence-corrected chi connectivity index (χ1v) is 7.68. The Kier molecular flexibility index (Phi) is 4.85. The number of piperazine rings is 1. The summed E-state index contributed by atoms with van der Waals surface area (Å²) in [6, 6.07) is 1.42. The molecule has 2 aromatic rings. The molecule has 0 saturated carbocycles. The van der Waals surface area contributed by atoms with Crippen LogP contribution in [0.5, 0.6) is 0 Å². The topological polar surface area (TPSA) is 115 Å². The van der Waals surface area contributed by atoms with E-state index < -0.39 is 5.97 Å². The maximum Gasteiger partial charge on any atom is 0.356 e. The number of rotatable bonds is 5. The number of carbonyl (C=O) groups is 1. The molecule has 3 heterocycles. The zero-order valence-electron chi connectivity index (χ0n) is 13.5. The van der Waals surface area contributed by atoms with Crippen LogP contribution >= 0.6 is 0 Å². The molecule has 0 aliphatic carbocycles. The van der Waals surface area contributed by atoms with Crippen LogP contribution in [0.15, 0.2) is 18.7 Å². The highest BCUT2D eigenvalue weighted by Crippen LogP contribution is 2.15. The van der Waals surface area contributed by atoms with E-state index in [9.17, 15) is 4.79 Å². The van der Waals surface area contributed by atoms with Gasteiger partial charge < -0.3 is 15.4 Å². The fourth-order valence-electron chi connectivity index (χ4n) is 2.57. The van der Waals surface area contributed by atoms with Gasteiger partial charge in [0, 0.05) is 38.8 Å². The largest absolute Gasteiger partial charge is 0.464 e. The van der Waals surface area contributed by atoms with Crippen molar-refractivity contribution in [1.29, 1.82) is 0 Å². The van der Waals surface area contributed by atoms with Crippen LogP contribution in [0.3, 0.4) is 0 Å². The smallest absolute Gasteiger partial charge is 0.356 e. The van der Waals surface area contributed by atoms with Crippen LogP contribution in [0.25, 0.3) is 0 Å². The van der Waals surface area contributed by atoms with Crippen LogP contribution in [0, 0.1) is 0 Å². The maximum atomic E-state index is 11.6. The molecule has 2 N–H and O–H groups in total. The highest BCUT2D eigenvalue weighted by Gasteiger charge is 2.21. The molecule has 10 heteroatoms. The molecule has 1 aliphatic heterocycles. The first-order chi connectivity index (χ1) is 11.7. The fraction of sp³-hybridized carbons (Fsp3) is 0.500. The first-order valence-electron chi connectivity index (χ1n) is 7.68. The van der Waals surface area contributed by atoms with Crippen LogP contribution < -0.4 is 10.6 Å². The number of nitrogens with two attached hydrogens (primary N) is 1. The number of ether oxygens (including phenoxy) is 1. The van der Waals surface area contributed by atoms with Crippen molar-refractivity contribution in [2.45, 2.75) is 6.54 Å². The lowest BCUT2D eigenvalue weighted by Gasteiger charge is -2.34. The van der Waals surface area contributed by atoms with Crippen molar-refractivity contribution < 1.29 is 9.53 Å². The summed E-state index contributed by atoms with van der Waals surface area (Å²) < 4.78 is 6.51. The lowest BCUT2D eigenvalue weighted by molar-refractivity contribution is 0.0594. The molecule has 1 saturated heterocycles. The quantitative estimate of drug-likeness (QED) is 0.707. The van der Waals surface area contributed by atoms with Gasteiger partial charge in [-0.1, -0.05) is 0 Å². The normalized spacial score (nSPS) is 15.5. The van der Waals surface area contributed by atoms with E-state index in [0.29, 0.717) is 5.95 Å². The van der Waals surface area contributed by atoms with Gasteiger partial charge in [0.25, 0.3) is 0 Å². The third kappa shape index (κ3) is 3.77. The Labute approximate surface area is 139 Å². The van der Waals surface area contributed by atoms with Crippen LogP contribution in [0.2, 0.25) is 0 Å². The van der Waals surface area contributed by atoms with Crippen molar-refractivity contribution in [2.75, 3.05) is 50.5 Å². The minimum absolute atomic E-state index is 0.175. The molecule has 0 bridgehead atoms. The summed E-state index contributed by atoms with van der Waals surface area (Å²) in [6.45, 7) is 4.99. The van der Waals surface area contributed by atoms with E-state index in [2.05, 4.69) is 25.0 Å². The van der Waals surface area contributed by atoms with E-state index in [0.717, 1.165) is 39.3 Å². The molecule has 10 nitrogen and oxygen atoms in total. The van der Waals surface area contributed by atoms with Crippen molar-refractivity contribution >= 4 is 17.7 Å². The van der Waals surface area contributed by atoms with Gasteiger partial charge in [-0.2, -0.15) is 10.1 Å². The van der Waals surface area contributed by atoms with Crippen LogP contribution in [-0.2, 0) is 11.3 Å². The van der Waals surface area contributed by atoms with Crippen LogP contribution in [0.4, 0.5) is 11.8 Å². The van der Waals surface area contributed by atoms with Crippen molar-refractivity contribution in [1.82, 2.24) is 29.6 Å². The Morgan fingerprint density at radius 3 is 2.71 bits per heavy atom. The summed E-state index contributed by atoms with van der Waals surface area (Å²) in [7, 11) is 1.31. The third-order valence-corrected chi connectivity index (χ3v) is 3.90. The number of esters is 1. The van der Waals surface area contributed by atoms with E-state index in [1.54, 1.807) is 6.33 Å². The van der Waals surface area contributed by atoms with Crippen molar-refractivity contribution in [3.63, 3.8) is 0 Å². The maximum absolute atomic E-state index is 11.6. The molecule has 1 fully saturated rings. The third-order valence-electron chi connectivity index (χ3n) is 3.90. The van der Waals surface area contributed by atoms with Crippen molar-refractivity contribution in [3.8, 4) is 0 Å². The minimum Gasteiger partial charge on any atom is -0.464 e. The number of anilines is 2. The Hall–Kier alpha value is -2.75. The second-order valence-corrected chi connectivity index (χ2v) is 5.46. The highest BCUT2D eigenvalue weighted by molar-refractivity contribution is 5.88. The molecule has 0 aromatic carbocycles. The Morgan fingerprint density at radius 2 is 2.04 bits per heavy atom. The summed E-state index contributed by atoms with van der Waals surface area (Å²) in [5.41, 5.74) is 5.95. The lowest BCUT2D eigenvalue weighted by Crippen LogP contribution is -2.48. The van der Waals surface area contributed by atoms with Gasteiger partial charge in [0.2, 0.25) is 5.95 Å². The van der Waals surface area contributed by atoms with Gasteiger partial charge in [-0.25, -0.2) is 14.8 Å². The number of nitrogen functional groups attached to an aromatic ring is 1. The Balaban J connectivity index is 1.58.